The minimum atomic E-state index is -0.541. The molecule has 2 rings (SSSR count). The van der Waals surface area contributed by atoms with Crippen LogP contribution in [0.4, 0.5) is 0 Å². The van der Waals surface area contributed by atoms with Gasteiger partial charge in [-0.25, -0.2) is 0 Å². The van der Waals surface area contributed by atoms with Crippen molar-refractivity contribution < 1.29 is 9.53 Å². The number of aryl methyl sites for hydroxylation is 1. The van der Waals surface area contributed by atoms with Crippen LogP contribution in [0.5, 0.6) is 5.75 Å². The lowest BCUT2D eigenvalue weighted by atomic mass is 10.1. The summed E-state index contributed by atoms with van der Waals surface area (Å²) in [5.41, 5.74) is 1.81. The molecule has 0 fully saturated rings. The van der Waals surface area contributed by atoms with Crippen molar-refractivity contribution in [2.75, 3.05) is 0 Å². The molecule has 0 aliphatic heterocycles. The Kier molecular flexibility index (Phi) is 4.80. The second-order valence-corrected chi connectivity index (χ2v) is 5.07. The van der Waals surface area contributed by atoms with Gasteiger partial charge in [0.1, 0.15) is 5.75 Å². The molecule has 20 heavy (non-hydrogen) atoms. The van der Waals surface area contributed by atoms with E-state index < -0.39 is 6.10 Å². The Morgan fingerprint density at radius 2 is 1.90 bits per heavy atom. The molecule has 0 saturated carbocycles. The monoisotopic (exact) mass is 288 g/mol. The van der Waals surface area contributed by atoms with Crippen molar-refractivity contribution in [3.63, 3.8) is 0 Å². The SMILES string of the molecule is CCc1ccc(OC(C)C(=O)c2cccc(Cl)c2)cc1. The summed E-state index contributed by atoms with van der Waals surface area (Å²) in [4.78, 5) is 12.2. The molecule has 0 radical (unpaired) electrons. The van der Waals surface area contributed by atoms with E-state index in [1.807, 2.05) is 24.3 Å². The fourth-order valence-corrected chi connectivity index (χ4v) is 2.13. The topological polar surface area (TPSA) is 26.3 Å². The summed E-state index contributed by atoms with van der Waals surface area (Å²) >= 11 is 5.89. The normalized spacial score (nSPS) is 11.9. The van der Waals surface area contributed by atoms with Gasteiger partial charge in [0.2, 0.25) is 5.78 Å². The van der Waals surface area contributed by atoms with Gasteiger partial charge in [-0.1, -0.05) is 42.8 Å². The van der Waals surface area contributed by atoms with Crippen molar-refractivity contribution in [3.05, 3.63) is 64.7 Å². The summed E-state index contributed by atoms with van der Waals surface area (Å²) < 4.78 is 5.68. The maximum atomic E-state index is 12.2. The minimum absolute atomic E-state index is 0.0768. The molecule has 0 saturated heterocycles. The summed E-state index contributed by atoms with van der Waals surface area (Å²) in [7, 11) is 0. The molecule has 0 heterocycles. The Bertz CT molecular complexity index is 590. The highest BCUT2D eigenvalue weighted by Crippen LogP contribution is 2.17. The summed E-state index contributed by atoms with van der Waals surface area (Å²) in [6.07, 6.45) is 0.443. The number of ether oxygens (including phenoxy) is 1. The second-order valence-electron chi connectivity index (χ2n) is 4.63. The van der Waals surface area contributed by atoms with E-state index in [1.165, 1.54) is 5.56 Å². The number of benzene rings is 2. The molecule has 0 amide bonds. The lowest BCUT2D eigenvalue weighted by Crippen LogP contribution is -2.23. The van der Waals surface area contributed by atoms with Crippen LogP contribution >= 0.6 is 11.6 Å². The molecule has 3 heteroatoms. The first-order chi connectivity index (χ1) is 9.60. The van der Waals surface area contributed by atoms with Crippen LogP contribution in [0.25, 0.3) is 0 Å². The highest BCUT2D eigenvalue weighted by atomic mass is 35.5. The van der Waals surface area contributed by atoms with Crippen LogP contribution in [0.15, 0.2) is 48.5 Å². The highest BCUT2D eigenvalue weighted by molar-refractivity contribution is 6.31. The standard InChI is InChI=1S/C17H17ClO2/c1-3-13-7-9-16(10-8-13)20-12(2)17(19)14-5-4-6-15(18)11-14/h4-12H,3H2,1-2H3. The summed E-state index contributed by atoms with van der Waals surface area (Å²) in [5, 5.41) is 0.551. The van der Waals surface area contributed by atoms with Gasteiger partial charge in [-0.3, -0.25) is 4.79 Å². The van der Waals surface area contributed by atoms with Gasteiger partial charge >= 0.3 is 0 Å². The van der Waals surface area contributed by atoms with Gasteiger partial charge in [0.05, 0.1) is 0 Å². The van der Waals surface area contributed by atoms with E-state index in [9.17, 15) is 4.79 Å². The average molecular weight is 289 g/mol. The molecule has 0 spiro atoms. The van der Waals surface area contributed by atoms with Crippen molar-refractivity contribution in [1.29, 1.82) is 0 Å². The number of rotatable bonds is 5. The first kappa shape index (κ1) is 14.6. The number of ketones is 1. The average Bonchev–Trinajstić information content (AvgIpc) is 2.47. The third-order valence-corrected chi connectivity index (χ3v) is 3.36. The van der Waals surface area contributed by atoms with Crippen LogP contribution < -0.4 is 4.74 Å². The fraction of sp³-hybridized carbons (Fsp3) is 0.235. The molecule has 104 valence electrons. The van der Waals surface area contributed by atoms with E-state index in [0.29, 0.717) is 16.3 Å². The third kappa shape index (κ3) is 3.61. The van der Waals surface area contributed by atoms with Gasteiger partial charge < -0.3 is 4.74 Å². The quantitative estimate of drug-likeness (QED) is 0.754. The van der Waals surface area contributed by atoms with Crippen molar-refractivity contribution in [1.82, 2.24) is 0 Å². The van der Waals surface area contributed by atoms with Crippen molar-refractivity contribution in [3.8, 4) is 5.75 Å². The van der Waals surface area contributed by atoms with Crippen molar-refractivity contribution in [2.24, 2.45) is 0 Å². The summed E-state index contributed by atoms with van der Waals surface area (Å²) in [6, 6.07) is 14.7. The van der Waals surface area contributed by atoms with Crippen LogP contribution in [0, 0.1) is 0 Å². The Labute approximate surface area is 124 Å². The maximum Gasteiger partial charge on any atom is 0.203 e. The molecule has 2 nitrogen and oxygen atoms in total. The van der Waals surface area contributed by atoms with E-state index in [-0.39, 0.29) is 5.78 Å². The van der Waals surface area contributed by atoms with Gasteiger partial charge in [-0.05, 0) is 43.2 Å². The molecule has 0 aliphatic carbocycles. The third-order valence-electron chi connectivity index (χ3n) is 3.12. The summed E-state index contributed by atoms with van der Waals surface area (Å²) in [6.45, 7) is 3.85. The van der Waals surface area contributed by atoms with Crippen LogP contribution in [0.3, 0.4) is 0 Å². The van der Waals surface area contributed by atoms with Crippen LogP contribution in [-0.2, 0) is 6.42 Å². The van der Waals surface area contributed by atoms with Gasteiger partial charge in [0.25, 0.3) is 0 Å². The second kappa shape index (κ2) is 6.58. The zero-order valence-electron chi connectivity index (χ0n) is 11.6. The molecular weight excluding hydrogens is 272 g/mol. The number of carbonyl (C=O) groups is 1. The van der Waals surface area contributed by atoms with Gasteiger partial charge in [0, 0.05) is 10.6 Å². The smallest absolute Gasteiger partial charge is 0.203 e. The van der Waals surface area contributed by atoms with Crippen LogP contribution in [-0.4, -0.2) is 11.9 Å². The molecule has 2 aromatic carbocycles. The molecule has 2 aromatic rings. The lowest BCUT2D eigenvalue weighted by molar-refractivity contribution is 0.0818. The molecule has 0 aromatic heterocycles. The van der Waals surface area contributed by atoms with Gasteiger partial charge in [-0.2, -0.15) is 0 Å². The number of Topliss-reactive ketones (excluding diaryl/α,β-unsaturated/α-hetero) is 1. The Morgan fingerprint density at radius 1 is 1.20 bits per heavy atom. The van der Waals surface area contributed by atoms with Gasteiger partial charge in [0.15, 0.2) is 6.10 Å². The summed E-state index contributed by atoms with van der Waals surface area (Å²) in [5.74, 6) is 0.622. The first-order valence-corrected chi connectivity index (χ1v) is 7.03. The van der Waals surface area contributed by atoms with E-state index in [4.69, 9.17) is 16.3 Å². The highest BCUT2D eigenvalue weighted by Gasteiger charge is 2.17. The number of hydrogen-bond donors (Lipinski definition) is 0. The van der Waals surface area contributed by atoms with E-state index in [0.717, 1.165) is 6.42 Å². The maximum absolute atomic E-state index is 12.2. The predicted molar refractivity (Wildman–Crippen MR) is 81.7 cm³/mol. The Morgan fingerprint density at radius 3 is 2.50 bits per heavy atom. The zero-order valence-corrected chi connectivity index (χ0v) is 12.4. The first-order valence-electron chi connectivity index (χ1n) is 6.65. The van der Waals surface area contributed by atoms with Gasteiger partial charge in [-0.15, -0.1) is 0 Å². The van der Waals surface area contributed by atoms with E-state index >= 15 is 0 Å². The molecule has 1 unspecified atom stereocenters. The van der Waals surface area contributed by atoms with E-state index in [1.54, 1.807) is 31.2 Å². The minimum Gasteiger partial charge on any atom is -0.483 e. The van der Waals surface area contributed by atoms with Crippen LogP contribution in [0.1, 0.15) is 29.8 Å². The molecular formula is C17H17ClO2. The van der Waals surface area contributed by atoms with E-state index in [2.05, 4.69) is 6.92 Å². The number of hydrogen-bond acceptors (Lipinski definition) is 2. The molecule has 1 atom stereocenters. The number of halogens is 1. The number of carbonyl (C=O) groups excluding carboxylic acids is 1. The Hall–Kier alpha value is -1.80. The fourth-order valence-electron chi connectivity index (χ4n) is 1.94. The Balaban J connectivity index is 2.07. The molecule has 0 bridgehead atoms. The molecule has 0 N–H and O–H groups in total. The zero-order chi connectivity index (χ0) is 14.5. The van der Waals surface area contributed by atoms with Crippen molar-refractivity contribution in [2.45, 2.75) is 26.4 Å². The molecule has 0 aliphatic rings. The van der Waals surface area contributed by atoms with Crippen LogP contribution in [0.2, 0.25) is 5.02 Å². The largest absolute Gasteiger partial charge is 0.483 e. The van der Waals surface area contributed by atoms with Crippen molar-refractivity contribution >= 4 is 17.4 Å². The predicted octanol–water partition coefficient (Wildman–Crippen LogP) is 4.55. The lowest BCUT2D eigenvalue weighted by Gasteiger charge is -2.14.